The van der Waals surface area contributed by atoms with E-state index in [1.54, 1.807) is 24.3 Å². The average Bonchev–Trinajstić information content (AvgIpc) is 3.20. The van der Waals surface area contributed by atoms with Crippen LogP contribution >= 0.6 is 12.2 Å². The van der Waals surface area contributed by atoms with Crippen LogP contribution in [0.4, 0.5) is 0 Å². The van der Waals surface area contributed by atoms with Crippen LogP contribution < -0.4 is 5.73 Å². The summed E-state index contributed by atoms with van der Waals surface area (Å²) in [7, 11) is -1.26. The van der Waals surface area contributed by atoms with Gasteiger partial charge in [-0.15, -0.1) is 0 Å². The molecule has 4 nitrogen and oxygen atoms in total. The largest absolute Gasteiger partial charge is 0.389 e. The molecule has 0 aromatic heterocycles. The Morgan fingerprint density at radius 3 is 2.45 bits per heavy atom. The molecule has 0 heterocycles. The maximum Gasteiger partial charge on any atom is 0.179 e. The molecule has 0 bridgehead atoms. The van der Waals surface area contributed by atoms with E-state index in [0.29, 0.717) is 17.0 Å². The second kappa shape index (κ2) is 6.20. The Kier molecular flexibility index (Phi) is 4.78. The van der Waals surface area contributed by atoms with Crippen molar-refractivity contribution in [1.29, 1.82) is 0 Å². The molecule has 1 aliphatic carbocycles. The van der Waals surface area contributed by atoms with Gasteiger partial charge in [0.2, 0.25) is 0 Å². The predicted molar refractivity (Wildman–Crippen MR) is 84.6 cm³/mol. The highest BCUT2D eigenvalue weighted by Crippen LogP contribution is 2.29. The second-order valence-electron chi connectivity index (χ2n) is 5.41. The minimum absolute atomic E-state index is 0.142. The van der Waals surface area contributed by atoms with Crippen molar-refractivity contribution in [2.24, 2.45) is 11.7 Å². The smallest absolute Gasteiger partial charge is 0.179 e. The highest BCUT2D eigenvalue weighted by Gasteiger charge is 2.23. The van der Waals surface area contributed by atoms with Gasteiger partial charge in [0.1, 0.15) is 4.99 Å². The molecule has 2 rings (SSSR count). The summed E-state index contributed by atoms with van der Waals surface area (Å²) in [6, 6.07) is 6.46. The zero-order valence-corrected chi connectivity index (χ0v) is 13.2. The van der Waals surface area contributed by atoms with Crippen molar-refractivity contribution >= 4 is 27.0 Å². The van der Waals surface area contributed by atoms with Crippen LogP contribution in [0.15, 0.2) is 29.2 Å². The fourth-order valence-corrected chi connectivity index (χ4v) is 3.53. The molecular formula is C14H20N2O2S2. The summed E-state index contributed by atoms with van der Waals surface area (Å²) >= 11 is 4.85. The van der Waals surface area contributed by atoms with E-state index in [2.05, 4.69) is 4.90 Å². The van der Waals surface area contributed by atoms with Crippen molar-refractivity contribution in [3.05, 3.63) is 29.8 Å². The van der Waals surface area contributed by atoms with E-state index in [-0.39, 0.29) is 10.7 Å². The lowest BCUT2D eigenvalue weighted by molar-refractivity contribution is 0.338. The van der Waals surface area contributed by atoms with Crippen molar-refractivity contribution < 1.29 is 8.42 Å². The fourth-order valence-electron chi connectivity index (χ4n) is 2.05. The van der Waals surface area contributed by atoms with E-state index in [0.717, 1.165) is 12.5 Å². The quantitative estimate of drug-likeness (QED) is 0.772. The van der Waals surface area contributed by atoms with Gasteiger partial charge < -0.3 is 10.6 Å². The molecule has 0 aliphatic heterocycles. The Hall–Kier alpha value is -0.980. The van der Waals surface area contributed by atoms with Gasteiger partial charge in [0.25, 0.3) is 0 Å². The number of nitrogens with zero attached hydrogens (tertiary/aromatic N) is 1. The van der Waals surface area contributed by atoms with Crippen LogP contribution in [0.5, 0.6) is 0 Å². The molecule has 1 aliphatic rings. The van der Waals surface area contributed by atoms with Gasteiger partial charge in [-0.2, -0.15) is 0 Å². The Bertz CT molecular complexity index is 578. The van der Waals surface area contributed by atoms with Crippen LogP contribution in [0, 0.1) is 5.92 Å². The molecule has 1 aromatic rings. The summed E-state index contributed by atoms with van der Waals surface area (Å²) in [4.78, 5) is 2.70. The number of rotatable bonds is 7. The fraction of sp³-hybridized carbons (Fsp3) is 0.500. The third-order valence-electron chi connectivity index (χ3n) is 3.51. The highest BCUT2D eigenvalue weighted by molar-refractivity contribution is 7.91. The number of hydrogen-bond acceptors (Lipinski definition) is 4. The first kappa shape index (κ1) is 15.4. The van der Waals surface area contributed by atoms with Gasteiger partial charge in [0.05, 0.1) is 10.6 Å². The van der Waals surface area contributed by atoms with Crippen molar-refractivity contribution in [2.45, 2.75) is 17.7 Å². The minimum atomic E-state index is -3.24. The Balaban J connectivity index is 1.96. The summed E-state index contributed by atoms with van der Waals surface area (Å²) in [6.07, 6.45) is 2.55. The number of sulfone groups is 1. The molecule has 1 fully saturated rings. The summed E-state index contributed by atoms with van der Waals surface area (Å²) in [5.41, 5.74) is 6.18. The van der Waals surface area contributed by atoms with Gasteiger partial charge in [0, 0.05) is 18.7 Å². The van der Waals surface area contributed by atoms with E-state index in [1.807, 2.05) is 7.05 Å². The van der Waals surface area contributed by atoms with Gasteiger partial charge in [-0.1, -0.05) is 24.4 Å². The highest BCUT2D eigenvalue weighted by atomic mass is 32.2. The summed E-state index contributed by atoms with van der Waals surface area (Å²) < 4.78 is 24.5. The van der Waals surface area contributed by atoms with Gasteiger partial charge in [0.15, 0.2) is 9.84 Å². The first-order chi connectivity index (χ1) is 9.38. The molecule has 0 radical (unpaired) electrons. The molecule has 6 heteroatoms. The van der Waals surface area contributed by atoms with E-state index in [9.17, 15) is 8.42 Å². The van der Waals surface area contributed by atoms with Crippen molar-refractivity contribution in [3.63, 3.8) is 0 Å². The molecule has 110 valence electrons. The third-order valence-corrected chi connectivity index (χ3v) is 5.45. The molecular weight excluding hydrogens is 292 g/mol. The van der Waals surface area contributed by atoms with Crippen LogP contribution in [-0.2, 0) is 9.84 Å². The molecule has 1 saturated carbocycles. The maximum atomic E-state index is 12.2. The normalized spacial score (nSPS) is 15.5. The summed E-state index contributed by atoms with van der Waals surface area (Å²) in [5.74, 6) is 0.912. The molecule has 0 atom stereocenters. The van der Waals surface area contributed by atoms with Crippen LogP contribution in [0.3, 0.4) is 0 Å². The zero-order chi connectivity index (χ0) is 14.8. The van der Waals surface area contributed by atoms with E-state index < -0.39 is 9.84 Å². The van der Waals surface area contributed by atoms with E-state index in [4.69, 9.17) is 18.0 Å². The summed E-state index contributed by atoms with van der Waals surface area (Å²) in [6.45, 7) is 1.56. The number of nitrogens with two attached hydrogens (primary N) is 1. The Morgan fingerprint density at radius 2 is 1.95 bits per heavy atom. The number of thiocarbonyl (C=S) groups is 1. The van der Waals surface area contributed by atoms with Crippen molar-refractivity contribution in [1.82, 2.24) is 4.90 Å². The second-order valence-corrected chi connectivity index (χ2v) is 7.96. The lowest BCUT2D eigenvalue weighted by Gasteiger charge is -2.16. The maximum absolute atomic E-state index is 12.2. The SMILES string of the molecule is CN(CCS(=O)(=O)c1ccc(C(N)=S)cc1)CC1CC1. The molecule has 20 heavy (non-hydrogen) atoms. The number of benzene rings is 1. The first-order valence-corrected chi connectivity index (χ1v) is 8.76. The Labute approximate surface area is 125 Å². The van der Waals surface area contributed by atoms with E-state index in [1.165, 1.54) is 12.8 Å². The zero-order valence-electron chi connectivity index (χ0n) is 11.6. The van der Waals surface area contributed by atoms with Crippen LogP contribution in [-0.4, -0.2) is 44.2 Å². The monoisotopic (exact) mass is 312 g/mol. The lowest BCUT2D eigenvalue weighted by Crippen LogP contribution is -2.27. The van der Waals surface area contributed by atoms with Crippen LogP contribution in [0.1, 0.15) is 18.4 Å². The van der Waals surface area contributed by atoms with Gasteiger partial charge in [-0.05, 0) is 37.9 Å². The van der Waals surface area contributed by atoms with Gasteiger partial charge >= 0.3 is 0 Å². The standard InChI is InChI=1S/C14H20N2O2S2/c1-16(10-11-2-3-11)8-9-20(17,18)13-6-4-12(5-7-13)14(15)19/h4-7,11H,2-3,8-10H2,1H3,(H2,15,19). The third kappa shape index (κ3) is 4.26. The molecule has 2 N–H and O–H groups in total. The first-order valence-electron chi connectivity index (χ1n) is 6.69. The van der Waals surface area contributed by atoms with Crippen LogP contribution in [0.2, 0.25) is 0 Å². The molecule has 0 unspecified atom stereocenters. The topological polar surface area (TPSA) is 63.4 Å². The molecule has 0 amide bonds. The predicted octanol–water partition coefficient (Wildman–Crippen LogP) is 1.44. The minimum Gasteiger partial charge on any atom is -0.389 e. The molecule has 0 spiro atoms. The summed E-state index contributed by atoms with van der Waals surface area (Å²) in [5, 5.41) is 0. The van der Waals surface area contributed by atoms with Gasteiger partial charge in [-0.3, -0.25) is 0 Å². The van der Waals surface area contributed by atoms with Crippen molar-refractivity contribution in [3.8, 4) is 0 Å². The Morgan fingerprint density at radius 1 is 1.35 bits per heavy atom. The molecule has 1 aromatic carbocycles. The average molecular weight is 312 g/mol. The van der Waals surface area contributed by atoms with Crippen LogP contribution in [0.25, 0.3) is 0 Å². The lowest BCUT2D eigenvalue weighted by atomic mass is 10.2. The van der Waals surface area contributed by atoms with Gasteiger partial charge in [-0.25, -0.2) is 8.42 Å². The van der Waals surface area contributed by atoms with E-state index >= 15 is 0 Å². The number of hydrogen-bond donors (Lipinski definition) is 1. The van der Waals surface area contributed by atoms with Crippen molar-refractivity contribution in [2.75, 3.05) is 25.9 Å². The molecule has 0 saturated heterocycles.